The molecule has 0 spiro atoms. The van der Waals surface area contributed by atoms with Crippen LogP contribution in [0, 0.1) is 6.92 Å². The van der Waals surface area contributed by atoms with Crippen molar-refractivity contribution < 1.29 is 18.8 Å². The Hall–Kier alpha value is -0.780. The molecular weight excluding hydrogens is 275 g/mol. The van der Waals surface area contributed by atoms with Crippen LogP contribution in [-0.4, -0.2) is 22.4 Å². The zero-order chi connectivity index (χ0) is 12.7. The molecular formula is C9H10Cl2O4S. The molecule has 0 unspecified atom stereocenters. The van der Waals surface area contributed by atoms with Gasteiger partial charge in [0.25, 0.3) is 0 Å². The maximum atomic E-state index is 10.6. The predicted octanol–water partition coefficient (Wildman–Crippen LogP) is 2.74. The van der Waals surface area contributed by atoms with Crippen molar-refractivity contribution in [3.8, 4) is 5.75 Å². The average Bonchev–Trinajstić information content (AvgIpc) is 2.16. The van der Waals surface area contributed by atoms with E-state index in [4.69, 9.17) is 14.1 Å². The van der Waals surface area contributed by atoms with E-state index in [1.54, 1.807) is 26.2 Å². The van der Waals surface area contributed by atoms with Crippen molar-refractivity contribution in [1.82, 2.24) is 0 Å². The number of aromatic carboxylic acids is 1. The molecule has 4 nitrogen and oxygen atoms in total. The standard InChI is InChI=1S/C9H10O3.Cl2OS/c1-6-5-7(12-2)3-4-8(6)9(10)11;1-4(2)3/h3-5H,1-2H3,(H,10,11);. The summed E-state index contributed by atoms with van der Waals surface area (Å²) < 4.78 is 14.0. The minimum Gasteiger partial charge on any atom is -0.497 e. The number of hydrogen-bond acceptors (Lipinski definition) is 3. The lowest BCUT2D eigenvalue weighted by Crippen LogP contribution is -1.99. The van der Waals surface area contributed by atoms with Crippen LogP contribution in [0.1, 0.15) is 15.9 Å². The summed E-state index contributed by atoms with van der Waals surface area (Å²) in [4.78, 5) is 10.6. The van der Waals surface area contributed by atoms with Crippen LogP contribution in [0.4, 0.5) is 0 Å². The first-order chi connectivity index (χ1) is 7.38. The predicted molar refractivity (Wildman–Crippen MR) is 64.5 cm³/mol. The van der Waals surface area contributed by atoms with Gasteiger partial charge < -0.3 is 9.84 Å². The highest BCUT2D eigenvalue weighted by atomic mass is 36.0. The van der Waals surface area contributed by atoms with E-state index in [9.17, 15) is 4.79 Å². The van der Waals surface area contributed by atoms with Gasteiger partial charge in [-0.2, -0.15) is 0 Å². The summed E-state index contributed by atoms with van der Waals surface area (Å²) in [5.41, 5.74) is 1.03. The number of ether oxygens (including phenoxy) is 1. The molecule has 1 aromatic rings. The molecule has 1 rings (SSSR count). The SMILES string of the molecule is COc1ccc(C(=O)O)c(C)c1.O=S(Cl)Cl. The molecule has 0 aliphatic carbocycles. The monoisotopic (exact) mass is 284 g/mol. The molecule has 0 atom stereocenters. The van der Waals surface area contributed by atoms with Crippen molar-refractivity contribution in [3.05, 3.63) is 29.3 Å². The number of carbonyl (C=O) groups is 1. The van der Waals surface area contributed by atoms with Crippen LogP contribution in [0.5, 0.6) is 5.75 Å². The average molecular weight is 285 g/mol. The first kappa shape index (κ1) is 15.2. The minimum atomic E-state index is -1.67. The van der Waals surface area contributed by atoms with E-state index in [0.717, 1.165) is 0 Å². The van der Waals surface area contributed by atoms with Gasteiger partial charge >= 0.3 is 5.97 Å². The number of carboxylic acids is 1. The third kappa shape index (κ3) is 5.95. The lowest BCUT2D eigenvalue weighted by Gasteiger charge is -2.03. The molecule has 1 N–H and O–H groups in total. The van der Waals surface area contributed by atoms with Gasteiger partial charge in [0, 0.05) is 21.4 Å². The number of methoxy groups -OCH3 is 1. The van der Waals surface area contributed by atoms with Crippen LogP contribution < -0.4 is 4.74 Å². The summed E-state index contributed by atoms with van der Waals surface area (Å²) in [6, 6.07) is 4.87. The maximum Gasteiger partial charge on any atom is 0.335 e. The summed E-state index contributed by atoms with van der Waals surface area (Å²) in [5.74, 6) is -0.229. The lowest BCUT2D eigenvalue weighted by atomic mass is 10.1. The van der Waals surface area contributed by atoms with E-state index in [0.29, 0.717) is 16.9 Å². The first-order valence-electron chi connectivity index (χ1n) is 4.00. The Labute approximate surface area is 105 Å². The second kappa shape index (κ2) is 7.49. The summed E-state index contributed by atoms with van der Waals surface area (Å²) >= 11 is 0. The molecule has 0 aromatic heterocycles. The second-order valence-electron chi connectivity index (χ2n) is 2.67. The highest BCUT2D eigenvalue weighted by Crippen LogP contribution is 2.16. The quantitative estimate of drug-likeness (QED) is 0.849. The van der Waals surface area contributed by atoms with Gasteiger partial charge in [-0.15, -0.1) is 0 Å². The molecule has 0 radical (unpaired) electrons. The number of carboxylic acid groups (broad SMARTS) is 1. The van der Waals surface area contributed by atoms with E-state index in [1.165, 1.54) is 6.07 Å². The molecule has 0 amide bonds. The highest BCUT2D eigenvalue weighted by Gasteiger charge is 2.06. The highest BCUT2D eigenvalue weighted by molar-refractivity contribution is 8.26. The Morgan fingerprint density at radius 2 is 1.94 bits per heavy atom. The van der Waals surface area contributed by atoms with Crippen molar-refractivity contribution in [2.24, 2.45) is 0 Å². The number of halogens is 2. The largest absolute Gasteiger partial charge is 0.497 e. The third-order valence-electron chi connectivity index (χ3n) is 1.66. The zero-order valence-electron chi connectivity index (χ0n) is 8.57. The molecule has 7 heteroatoms. The third-order valence-corrected chi connectivity index (χ3v) is 1.66. The lowest BCUT2D eigenvalue weighted by molar-refractivity contribution is 0.0696. The van der Waals surface area contributed by atoms with E-state index in [-0.39, 0.29) is 0 Å². The van der Waals surface area contributed by atoms with Gasteiger partial charge in [-0.05, 0) is 30.7 Å². The van der Waals surface area contributed by atoms with Gasteiger partial charge in [0.15, 0.2) is 0 Å². The van der Waals surface area contributed by atoms with Crippen molar-refractivity contribution in [1.29, 1.82) is 0 Å². The normalized spacial score (nSPS) is 9.31. The van der Waals surface area contributed by atoms with E-state index in [1.807, 2.05) is 0 Å². The van der Waals surface area contributed by atoms with Crippen LogP contribution in [-0.2, 0) is 9.23 Å². The maximum absolute atomic E-state index is 10.6. The number of aryl methyl sites for hydroxylation is 1. The summed E-state index contributed by atoms with van der Waals surface area (Å²) in [7, 11) is 8.91. The van der Waals surface area contributed by atoms with Crippen LogP contribution in [0.15, 0.2) is 18.2 Å². The Balaban J connectivity index is 0.000000487. The number of benzene rings is 1. The molecule has 0 bridgehead atoms. The number of hydrogen-bond donors (Lipinski definition) is 1. The Morgan fingerprint density at radius 1 is 1.44 bits per heavy atom. The van der Waals surface area contributed by atoms with Crippen molar-refractivity contribution in [2.45, 2.75) is 6.92 Å². The molecule has 0 aliphatic heterocycles. The Morgan fingerprint density at radius 3 is 2.25 bits per heavy atom. The Kier molecular flexibility index (Phi) is 7.12. The van der Waals surface area contributed by atoms with Gasteiger partial charge in [-0.1, -0.05) is 0 Å². The summed E-state index contributed by atoms with van der Waals surface area (Å²) in [6.45, 7) is 1.74. The first-order valence-corrected chi connectivity index (χ1v) is 6.81. The molecule has 0 heterocycles. The fraction of sp³-hybridized carbons (Fsp3) is 0.222. The van der Waals surface area contributed by atoms with Gasteiger partial charge in [-0.3, -0.25) is 0 Å². The van der Waals surface area contributed by atoms with Crippen molar-refractivity contribution in [2.75, 3.05) is 7.11 Å². The summed E-state index contributed by atoms with van der Waals surface area (Å²) in [5, 5.41) is 8.69. The molecule has 16 heavy (non-hydrogen) atoms. The summed E-state index contributed by atoms with van der Waals surface area (Å²) in [6.07, 6.45) is 0. The second-order valence-corrected chi connectivity index (χ2v) is 5.19. The zero-order valence-corrected chi connectivity index (χ0v) is 10.9. The van der Waals surface area contributed by atoms with Gasteiger partial charge in [0.2, 0.25) is 9.23 Å². The van der Waals surface area contributed by atoms with E-state index >= 15 is 0 Å². The van der Waals surface area contributed by atoms with Crippen molar-refractivity contribution >= 4 is 36.6 Å². The van der Waals surface area contributed by atoms with E-state index < -0.39 is 15.2 Å². The van der Waals surface area contributed by atoms with Crippen molar-refractivity contribution in [3.63, 3.8) is 0 Å². The van der Waals surface area contributed by atoms with Crippen LogP contribution in [0.25, 0.3) is 0 Å². The molecule has 0 aliphatic rings. The molecule has 90 valence electrons. The minimum absolute atomic E-state index is 0.316. The van der Waals surface area contributed by atoms with Crippen LogP contribution in [0.2, 0.25) is 0 Å². The topological polar surface area (TPSA) is 63.6 Å². The Bertz CT molecular complexity index is 391. The number of rotatable bonds is 2. The molecule has 0 saturated carbocycles. The van der Waals surface area contributed by atoms with Gasteiger partial charge in [0.05, 0.1) is 12.7 Å². The fourth-order valence-electron chi connectivity index (χ4n) is 1.00. The molecule has 1 aromatic carbocycles. The fourth-order valence-corrected chi connectivity index (χ4v) is 1.00. The van der Waals surface area contributed by atoms with Crippen LogP contribution >= 0.6 is 21.4 Å². The smallest absolute Gasteiger partial charge is 0.335 e. The molecule has 0 fully saturated rings. The molecule has 0 saturated heterocycles. The van der Waals surface area contributed by atoms with Gasteiger partial charge in [0.1, 0.15) is 5.75 Å². The van der Waals surface area contributed by atoms with Gasteiger partial charge in [-0.25, -0.2) is 9.00 Å². The van der Waals surface area contributed by atoms with E-state index in [2.05, 4.69) is 21.4 Å². The van der Waals surface area contributed by atoms with Crippen LogP contribution in [0.3, 0.4) is 0 Å².